The molecule has 41 heavy (non-hydrogen) atoms. The third-order valence-electron chi connectivity index (χ3n) is 6.65. The van der Waals surface area contributed by atoms with Crippen LogP contribution in [0.15, 0.2) is 60.7 Å². The van der Waals surface area contributed by atoms with Crippen LogP contribution in [0.4, 0.5) is 17.1 Å². The largest absolute Gasteiger partial charge is 0.497 e. The zero-order chi connectivity index (χ0) is 29.7. The van der Waals surface area contributed by atoms with Crippen LogP contribution in [0.25, 0.3) is 0 Å². The molecule has 1 atom stereocenters. The van der Waals surface area contributed by atoms with Gasteiger partial charge in [0.2, 0.25) is 5.91 Å². The van der Waals surface area contributed by atoms with Gasteiger partial charge < -0.3 is 24.4 Å². The van der Waals surface area contributed by atoms with Crippen molar-refractivity contribution in [3.8, 4) is 17.2 Å². The van der Waals surface area contributed by atoms with E-state index >= 15 is 0 Å². The number of nitro groups is 1. The van der Waals surface area contributed by atoms with Gasteiger partial charge in [-0.1, -0.05) is 26.0 Å². The van der Waals surface area contributed by atoms with E-state index in [-0.39, 0.29) is 36.2 Å². The maximum atomic E-state index is 12.7. The number of aryl methyl sites for hydroxylation is 1. The van der Waals surface area contributed by atoms with Gasteiger partial charge in [-0.2, -0.15) is 0 Å². The number of nitro benzene ring substituents is 1. The normalized spacial score (nSPS) is 14.6. The van der Waals surface area contributed by atoms with Crippen molar-refractivity contribution in [2.24, 2.45) is 5.92 Å². The number of carbonyl (C=O) groups excluding carboxylic acids is 3. The molecule has 0 aliphatic carbocycles. The average molecular weight is 562 g/mol. The van der Waals surface area contributed by atoms with Crippen LogP contribution in [0.2, 0.25) is 0 Å². The SMILES string of the molecule is COc1ccc([N+](=O)[O-])c(NC(=O)COC(=O)[C@H]2CC(=O)N(c3ccc(Oc4cc(C)ccc4C(C)C)cc3)C2)c1. The second-order valence-electron chi connectivity index (χ2n) is 9.99. The first-order chi connectivity index (χ1) is 19.5. The Balaban J connectivity index is 1.34. The molecule has 11 heteroatoms. The lowest BCUT2D eigenvalue weighted by atomic mass is 10.0. The predicted octanol–water partition coefficient (Wildman–Crippen LogP) is 5.36. The topological polar surface area (TPSA) is 137 Å². The lowest BCUT2D eigenvalue weighted by Crippen LogP contribution is -2.28. The summed E-state index contributed by atoms with van der Waals surface area (Å²) in [5, 5.41) is 13.6. The van der Waals surface area contributed by atoms with E-state index in [9.17, 15) is 24.5 Å². The molecule has 1 fully saturated rings. The monoisotopic (exact) mass is 561 g/mol. The van der Waals surface area contributed by atoms with Crippen LogP contribution in [0, 0.1) is 23.0 Å². The van der Waals surface area contributed by atoms with Gasteiger partial charge in [-0.05, 0) is 60.4 Å². The summed E-state index contributed by atoms with van der Waals surface area (Å²) < 4.78 is 16.3. The number of hydrogen-bond acceptors (Lipinski definition) is 8. The number of ether oxygens (including phenoxy) is 3. The molecule has 4 rings (SSSR count). The van der Waals surface area contributed by atoms with Crippen LogP contribution in [0.1, 0.15) is 37.3 Å². The van der Waals surface area contributed by atoms with Crippen molar-refractivity contribution < 1.29 is 33.5 Å². The molecular formula is C30H31N3O8. The minimum absolute atomic E-state index is 0.0684. The Hall–Kier alpha value is -4.93. The van der Waals surface area contributed by atoms with E-state index in [4.69, 9.17) is 14.2 Å². The van der Waals surface area contributed by atoms with Crippen LogP contribution in [0.5, 0.6) is 17.2 Å². The number of anilines is 2. The van der Waals surface area contributed by atoms with Gasteiger partial charge in [-0.25, -0.2) is 0 Å². The number of rotatable bonds is 10. The second-order valence-corrected chi connectivity index (χ2v) is 9.99. The lowest BCUT2D eigenvalue weighted by molar-refractivity contribution is -0.383. The van der Waals surface area contributed by atoms with E-state index in [1.54, 1.807) is 24.3 Å². The fraction of sp³-hybridized carbons (Fsp3) is 0.300. The van der Waals surface area contributed by atoms with Gasteiger partial charge in [-0.3, -0.25) is 24.5 Å². The standard InChI is InChI=1S/C30H31N3O8/c1-18(2)24-11-5-19(3)13-27(24)41-22-8-6-21(7-9-22)32-16-20(14-29(32)35)30(36)40-17-28(34)31-25-15-23(39-4)10-12-26(25)33(37)38/h5-13,15,18,20H,14,16-17H2,1-4H3,(H,31,34)/t20-/m0/s1. The Kier molecular flexibility index (Phi) is 8.86. The minimum Gasteiger partial charge on any atom is -0.497 e. The van der Waals surface area contributed by atoms with E-state index < -0.39 is 29.3 Å². The zero-order valence-electron chi connectivity index (χ0n) is 23.2. The number of esters is 1. The lowest BCUT2D eigenvalue weighted by Gasteiger charge is -2.18. The number of nitrogens with zero attached hydrogens (tertiary/aromatic N) is 2. The molecule has 0 bridgehead atoms. The third kappa shape index (κ3) is 6.99. The summed E-state index contributed by atoms with van der Waals surface area (Å²) in [5.74, 6) is -0.504. The summed E-state index contributed by atoms with van der Waals surface area (Å²) in [5.41, 5.74) is 2.35. The molecule has 0 saturated carbocycles. The van der Waals surface area contributed by atoms with Crippen molar-refractivity contribution >= 4 is 34.8 Å². The Bertz CT molecular complexity index is 1470. The number of amides is 2. The molecule has 1 N–H and O–H groups in total. The van der Waals surface area contributed by atoms with E-state index in [0.29, 0.717) is 17.2 Å². The molecule has 2 amide bonds. The van der Waals surface area contributed by atoms with E-state index in [0.717, 1.165) is 16.9 Å². The van der Waals surface area contributed by atoms with Gasteiger partial charge in [0.25, 0.3) is 11.6 Å². The van der Waals surface area contributed by atoms with Gasteiger partial charge in [0.15, 0.2) is 6.61 Å². The molecule has 0 spiro atoms. The highest BCUT2D eigenvalue weighted by Crippen LogP contribution is 2.34. The van der Waals surface area contributed by atoms with E-state index in [1.165, 1.54) is 30.2 Å². The first-order valence-electron chi connectivity index (χ1n) is 13.0. The quantitative estimate of drug-likeness (QED) is 0.198. The van der Waals surface area contributed by atoms with Crippen molar-refractivity contribution in [3.05, 3.63) is 81.9 Å². The highest BCUT2D eigenvalue weighted by atomic mass is 16.6. The molecule has 1 saturated heterocycles. The van der Waals surface area contributed by atoms with Crippen molar-refractivity contribution in [2.45, 2.75) is 33.1 Å². The maximum Gasteiger partial charge on any atom is 0.311 e. The van der Waals surface area contributed by atoms with Crippen molar-refractivity contribution in [1.29, 1.82) is 0 Å². The molecule has 0 radical (unpaired) electrons. The Morgan fingerprint density at radius 3 is 2.44 bits per heavy atom. The fourth-order valence-electron chi connectivity index (χ4n) is 4.49. The fourth-order valence-corrected chi connectivity index (χ4v) is 4.49. The number of nitrogens with one attached hydrogen (secondary N) is 1. The summed E-state index contributed by atoms with van der Waals surface area (Å²) in [6.45, 7) is 5.62. The maximum absolute atomic E-state index is 12.7. The van der Waals surface area contributed by atoms with Crippen LogP contribution >= 0.6 is 0 Å². The van der Waals surface area contributed by atoms with Gasteiger partial charge in [0.1, 0.15) is 22.9 Å². The predicted molar refractivity (Wildman–Crippen MR) is 151 cm³/mol. The number of methoxy groups -OCH3 is 1. The first kappa shape index (κ1) is 29.1. The zero-order valence-corrected chi connectivity index (χ0v) is 23.2. The molecule has 0 unspecified atom stereocenters. The van der Waals surface area contributed by atoms with Gasteiger partial charge in [0.05, 0.1) is 18.0 Å². The van der Waals surface area contributed by atoms with E-state index in [1.807, 2.05) is 19.1 Å². The van der Waals surface area contributed by atoms with Crippen LogP contribution in [-0.4, -0.2) is 43.0 Å². The van der Waals surface area contributed by atoms with E-state index in [2.05, 4.69) is 25.2 Å². The summed E-state index contributed by atoms with van der Waals surface area (Å²) in [6.07, 6.45) is -0.0684. The van der Waals surface area contributed by atoms with Gasteiger partial charge >= 0.3 is 5.97 Å². The molecular weight excluding hydrogens is 530 g/mol. The van der Waals surface area contributed by atoms with Crippen molar-refractivity contribution in [2.75, 3.05) is 30.5 Å². The van der Waals surface area contributed by atoms with Gasteiger partial charge in [0, 0.05) is 30.8 Å². The average Bonchev–Trinajstić information content (AvgIpc) is 3.33. The Labute approximate surface area is 237 Å². The highest BCUT2D eigenvalue weighted by molar-refractivity contribution is 6.00. The summed E-state index contributed by atoms with van der Waals surface area (Å²) in [7, 11) is 1.39. The summed E-state index contributed by atoms with van der Waals surface area (Å²) >= 11 is 0. The Morgan fingerprint density at radius 1 is 1.07 bits per heavy atom. The van der Waals surface area contributed by atoms with Crippen LogP contribution < -0.4 is 19.7 Å². The summed E-state index contributed by atoms with van der Waals surface area (Å²) in [6, 6.07) is 17.0. The minimum atomic E-state index is -0.765. The molecule has 0 aromatic heterocycles. The second kappa shape index (κ2) is 12.5. The smallest absolute Gasteiger partial charge is 0.311 e. The molecule has 3 aromatic rings. The first-order valence-corrected chi connectivity index (χ1v) is 13.0. The van der Waals surface area contributed by atoms with Crippen LogP contribution in [0.3, 0.4) is 0 Å². The Morgan fingerprint density at radius 2 is 1.78 bits per heavy atom. The van der Waals surface area contributed by atoms with Crippen molar-refractivity contribution in [1.82, 2.24) is 0 Å². The molecule has 3 aromatic carbocycles. The van der Waals surface area contributed by atoms with Crippen molar-refractivity contribution in [3.63, 3.8) is 0 Å². The number of benzene rings is 3. The van der Waals surface area contributed by atoms with Gasteiger partial charge in [-0.15, -0.1) is 0 Å². The molecule has 1 heterocycles. The molecule has 11 nitrogen and oxygen atoms in total. The summed E-state index contributed by atoms with van der Waals surface area (Å²) in [4.78, 5) is 49.8. The molecule has 1 aliphatic rings. The highest BCUT2D eigenvalue weighted by Gasteiger charge is 2.36. The molecule has 1 aliphatic heterocycles. The number of hydrogen-bond donors (Lipinski definition) is 1. The third-order valence-corrected chi connectivity index (χ3v) is 6.65. The molecule has 214 valence electrons. The van der Waals surface area contributed by atoms with Crippen LogP contribution in [-0.2, 0) is 19.1 Å². The number of carbonyl (C=O) groups is 3.